The summed E-state index contributed by atoms with van der Waals surface area (Å²) < 4.78 is 5.60. The second kappa shape index (κ2) is 4.81. The van der Waals surface area contributed by atoms with E-state index in [4.69, 9.17) is 4.42 Å². The maximum atomic E-state index is 11.7. The lowest BCUT2D eigenvalue weighted by molar-refractivity contribution is 0.0929. The number of hydrogen-bond donors (Lipinski definition) is 2. The number of amides is 1. The van der Waals surface area contributed by atoms with Crippen molar-refractivity contribution in [3.63, 3.8) is 0 Å². The summed E-state index contributed by atoms with van der Waals surface area (Å²) in [7, 11) is 0. The van der Waals surface area contributed by atoms with Gasteiger partial charge in [-0.05, 0) is 41.9 Å². The molecule has 0 atom stereocenters. The molecule has 2 rings (SSSR count). The van der Waals surface area contributed by atoms with Gasteiger partial charge in [0.2, 0.25) is 0 Å². The Labute approximate surface area is 96.5 Å². The van der Waals surface area contributed by atoms with Gasteiger partial charge >= 0.3 is 0 Å². The van der Waals surface area contributed by atoms with Gasteiger partial charge in [-0.1, -0.05) is 0 Å². The summed E-state index contributed by atoms with van der Waals surface area (Å²) in [5.41, 5.74) is 0.570. The predicted octanol–water partition coefficient (Wildman–Crippen LogP) is 1.52. The van der Waals surface area contributed by atoms with Crippen molar-refractivity contribution in [3.05, 3.63) is 22.6 Å². The van der Waals surface area contributed by atoms with Crippen molar-refractivity contribution in [2.45, 2.75) is 18.9 Å². The van der Waals surface area contributed by atoms with Crippen LogP contribution in [0.25, 0.3) is 0 Å². The number of piperidine rings is 1. The van der Waals surface area contributed by atoms with Crippen LogP contribution in [0.2, 0.25) is 0 Å². The molecule has 82 valence electrons. The minimum absolute atomic E-state index is 0.0589. The Bertz CT molecular complexity index is 345. The predicted molar refractivity (Wildman–Crippen MR) is 59.8 cm³/mol. The number of carbonyl (C=O) groups is 1. The fraction of sp³-hybridized carbons (Fsp3) is 0.500. The highest BCUT2D eigenvalue weighted by Gasteiger charge is 2.17. The van der Waals surface area contributed by atoms with Gasteiger partial charge < -0.3 is 15.1 Å². The summed E-state index contributed by atoms with van der Waals surface area (Å²) in [6.07, 6.45) is 3.44. The van der Waals surface area contributed by atoms with Gasteiger partial charge in [0.25, 0.3) is 5.91 Å². The number of nitrogens with one attached hydrogen (secondary N) is 2. The van der Waals surface area contributed by atoms with Crippen LogP contribution in [0.5, 0.6) is 0 Å². The molecule has 5 heteroatoms. The summed E-state index contributed by atoms with van der Waals surface area (Å²) in [6.45, 7) is 1.94. The Balaban J connectivity index is 1.91. The normalized spacial score (nSPS) is 17.7. The molecule has 0 unspecified atom stereocenters. The molecule has 15 heavy (non-hydrogen) atoms. The smallest absolute Gasteiger partial charge is 0.254 e. The molecule has 2 heterocycles. The highest BCUT2D eigenvalue weighted by Crippen LogP contribution is 2.14. The van der Waals surface area contributed by atoms with E-state index in [2.05, 4.69) is 26.6 Å². The van der Waals surface area contributed by atoms with Crippen molar-refractivity contribution in [3.8, 4) is 0 Å². The fourth-order valence-corrected chi connectivity index (χ4v) is 2.00. The number of hydrogen-bond acceptors (Lipinski definition) is 3. The van der Waals surface area contributed by atoms with E-state index < -0.39 is 0 Å². The average Bonchev–Trinajstić information content (AvgIpc) is 2.66. The van der Waals surface area contributed by atoms with E-state index in [1.165, 1.54) is 6.26 Å². The largest absolute Gasteiger partial charge is 0.457 e. The van der Waals surface area contributed by atoms with Gasteiger partial charge in [0.15, 0.2) is 4.67 Å². The van der Waals surface area contributed by atoms with Crippen LogP contribution in [-0.2, 0) is 0 Å². The standard InChI is InChI=1S/C10H13BrN2O2/c11-9-5-7(6-15-9)10(14)13-8-1-3-12-4-2-8/h5-6,8,12H,1-4H2,(H,13,14). The second-order valence-corrected chi connectivity index (χ2v) is 4.42. The molecule has 0 spiro atoms. The molecule has 1 aliphatic rings. The summed E-state index contributed by atoms with van der Waals surface area (Å²) in [5.74, 6) is -0.0589. The minimum Gasteiger partial charge on any atom is -0.457 e. The quantitative estimate of drug-likeness (QED) is 0.859. The van der Waals surface area contributed by atoms with Crippen molar-refractivity contribution < 1.29 is 9.21 Å². The summed E-state index contributed by atoms with van der Waals surface area (Å²) in [6, 6.07) is 1.96. The van der Waals surface area contributed by atoms with Crippen molar-refractivity contribution in [2.24, 2.45) is 0 Å². The lowest BCUT2D eigenvalue weighted by Crippen LogP contribution is -2.42. The van der Waals surface area contributed by atoms with Crippen LogP contribution in [0.1, 0.15) is 23.2 Å². The number of rotatable bonds is 2. The molecule has 2 N–H and O–H groups in total. The Morgan fingerprint density at radius 2 is 2.27 bits per heavy atom. The third-order valence-corrected chi connectivity index (χ3v) is 2.92. The Morgan fingerprint density at radius 3 is 2.87 bits per heavy atom. The molecule has 1 fully saturated rings. The van der Waals surface area contributed by atoms with E-state index in [-0.39, 0.29) is 11.9 Å². The molecule has 4 nitrogen and oxygen atoms in total. The van der Waals surface area contributed by atoms with E-state index in [9.17, 15) is 4.79 Å². The zero-order chi connectivity index (χ0) is 10.7. The number of furan rings is 1. The molecule has 0 aliphatic carbocycles. The van der Waals surface area contributed by atoms with E-state index in [1.807, 2.05) is 0 Å². The average molecular weight is 273 g/mol. The minimum atomic E-state index is -0.0589. The molecule has 1 aromatic heterocycles. The van der Waals surface area contributed by atoms with Gasteiger partial charge in [-0.15, -0.1) is 0 Å². The summed E-state index contributed by atoms with van der Waals surface area (Å²) in [5, 5.41) is 6.24. The highest BCUT2D eigenvalue weighted by molar-refractivity contribution is 9.10. The molecule has 0 bridgehead atoms. The van der Waals surface area contributed by atoms with Crippen LogP contribution in [0.15, 0.2) is 21.4 Å². The van der Waals surface area contributed by atoms with E-state index in [0.29, 0.717) is 10.2 Å². The first-order valence-electron chi connectivity index (χ1n) is 5.01. The first kappa shape index (κ1) is 10.7. The SMILES string of the molecule is O=C(NC1CCNCC1)c1coc(Br)c1. The van der Waals surface area contributed by atoms with Crippen molar-refractivity contribution in [1.29, 1.82) is 0 Å². The third kappa shape index (κ3) is 2.82. The van der Waals surface area contributed by atoms with Crippen molar-refractivity contribution in [1.82, 2.24) is 10.6 Å². The van der Waals surface area contributed by atoms with E-state index >= 15 is 0 Å². The first-order valence-corrected chi connectivity index (χ1v) is 5.80. The first-order chi connectivity index (χ1) is 7.25. The van der Waals surface area contributed by atoms with Crippen LogP contribution in [0.3, 0.4) is 0 Å². The Kier molecular flexibility index (Phi) is 3.43. The number of halogens is 1. The molecular formula is C10H13BrN2O2. The van der Waals surface area contributed by atoms with Crippen LogP contribution < -0.4 is 10.6 Å². The van der Waals surface area contributed by atoms with Crippen LogP contribution in [0.4, 0.5) is 0 Å². The lowest BCUT2D eigenvalue weighted by Gasteiger charge is -2.23. The summed E-state index contributed by atoms with van der Waals surface area (Å²) >= 11 is 3.17. The van der Waals surface area contributed by atoms with Crippen LogP contribution >= 0.6 is 15.9 Å². The fourth-order valence-electron chi connectivity index (χ4n) is 1.66. The third-order valence-electron chi connectivity index (χ3n) is 2.50. The van der Waals surface area contributed by atoms with Crippen LogP contribution in [-0.4, -0.2) is 25.0 Å². The molecule has 1 aliphatic heterocycles. The Hall–Kier alpha value is -0.810. The van der Waals surface area contributed by atoms with Gasteiger partial charge in [0.1, 0.15) is 6.26 Å². The van der Waals surface area contributed by atoms with Gasteiger partial charge in [0.05, 0.1) is 5.56 Å². The lowest BCUT2D eigenvalue weighted by atomic mass is 10.1. The topological polar surface area (TPSA) is 54.3 Å². The molecule has 0 aromatic carbocycles. The van der Waals surface area contributed by atoms with Gasteiger partial charge in [-0.3, -0.25) is 4.79 Å². The Morgan fingerprint density at radius 1 is 1.53 bits per heavy atom. The maximum absolute atomic E-state index is 11.7. The van der Waals surface area contributed by atoms with E-state index in [0.717, 1.165) is 25.9 Å². The molecular weight excluding hydrogens is 260 g/mol. The summed E-state index contributed by atoms with van der Waals surface area (Å²) in [4.78, 5) is 11.7. The van der Waals surface area contributed by atoms with Crippen molar-refractivity contribution >= 4 is 21.8 Å². The van der Waals surface area contributed by atoms with Gasteiger partial charge in [-0.2, -0.15) is 0 Å². The highest BCUT2D eigenvalue weighted by atomic mass is 79.9. The zero-order valence-electron chi connectivity index (χ0n) is 8.25. The van der Waals surface area contributed by atoms with Gasteiger partial charge in [-0.25, -0.2) is 0 Å². The van der Waals surface area contributed by atoms with Crippen LogP contribution in [0, 0.1) is 0 Å². The molecule has 1 aromatic rings. The molecule has 1 amide bonds. The second-order valence-electron chi connectivity index (χ2n) is 3.64. The number of carbonyl (C=O) groups excluding carboxylic acids is 1. The molecule has 0 saturated carbocycles. The monoisotopic (exact) mass is 272 g/mol. The van der Waals surface area contributed by atoms with E-state index in [1.54, 1.807) is 6.07 Å². The van der Waals surface area contributed by atoms with Crippen molar-refractivity contribution in [2.75, 3.05) is 13.1 Å². The zero-order valence-corrected chi connectivity index (χ0v) is 9.84. The maximum Gasteiger partial charge on any atom is 0.254 e. The molecule has 1 saturated heterocycles. The van der Waals surface area contributed by atoms with Gasteiger partial charge in [0, 0.05) is 12.1 Å². The molecule has 0 radical (unpaired) electrons.